The van der Waals surface area contributed by atoms with Crippen molar-refractivity contribution < 1.29 is 0 Å². The molecule has 0 radical (unpaired) electrons. The quantitative estimate of drug-likeness (QED) is 0.713. The summed E-state index contributed by atoms with van der Waals surface area (Å²) in [7, 11) is 0. The molecule has 0 spiro atoms. The molecule has 2 atom stereocenters. The zero-order chi connectivity index (χ0) is 9.76. The van der Waals surface area contributed by atoms with Crippen LogP contribution in [0.15, 0.2) is 24.3 Å². The third-order valence-corrected chi connectivity index (χ3v) is 4.24. The van der Waals surface area contributed by atoms with E-state index in [0.29, 0.717) is 5.41 Å². The predicted octanol–water partition coefficient (Wildman–Crippen LogP) is 2.92. The van der Waals surface area contributed by atoms with Crippen molar-refractivity contribution in [1.82, 2.24) is 5.32 Å². The summed E-state index contributed by atoms with van der Waals surface area (Å²) in [5.74, 6) is 1.44. The molecule has 15 heavy (non-hydrogen) atoms. The van der Waals surface area contributed by atoms with Crippen molar-refractivity contribution in [2.24, 2.45) is 5.41 Å². The minimum absolute atomic E-state index is 0. The lowest BCUT2D eigenvalue weighted by molar-refractivity contribution is 0.205. The lowest BCUT2D eigenvalue weighted by Gasteiger charge is -2.38. The molecular weight excluding hydrogens is 206 g/mol. The highest BCUT2D eigenvalue weighted by molar-refractivity contribution is 5.85. The van der Waals surface area contributed by atoms with Gasteiger partial charge in [0.2, 0.25) is 0 Å². The summed E-state index contributed by atoms with van der Waals surface area (Å²) in [4.78, 5) is 0. The summed E-state index contributed by atoms with van der Waals surface area (Å²) in [6.07, 6.45) is 0. The molecule has 1 aliphatic heterocycles. The zero-order valence-corrected chi connectivity index (χ0v) is 10.1. The van der Waals surface area contributed by atoms with Crippen LogP contribution in [0.4, 0.5) is 0 Å². The molecule has 2 bridgehead atoms. The number of piperidine rings is 1. The molecule has 1 N–H and O–H groups in total. The highest BCUT2D eigenvalue weighted by Crippen LogP contribution is 2.56. The van der Waals surface area contributed by atoms with Gasteiger partial charge >= 0.3 is 0 Å². The molecule has 0 amide bonds. The first-order chi connectivity index (χ1) is 6.71. The Kier molecular flexibility index (Phi) is 2.56. The van der Waals surface area contributed by atoms with Gasteiger partial charge in [0.15, 0.2) is 0 Å². The van der Waals surface area contributed by atoms with Gasteiger partial charge in [0.05, 0.1) is 0 Å². The number of nitrogens with one attached hydrogen (secondary N) is 1. The van der Waals surface area contributed by atoms with Crippen LogP contribution in [-0.2, 0) is 0 Å². The normalized spacial score (nSPS) is 30.5. The summed E-state index contributed by atoms with van der Waals surface area (Å²) in [6.45, 7) is 7.15. The van der Waals surface area contributed by atoms with Crippen LogP contribution in [0.2, 0.25) is 0 Å². The maximum atomic E-state index is 3.55. The minimum atomic E-state index is 0. The molecule has 1 nitrogen and oxygen atoms in total. The molecular formula is C13H18ClN. The van der Waals surface area contributed by atoms with Gasteiger partial charge in [0.1, 0.15) is 0 Å². The van der Waals surface area contributed by atoms with Gasteiger partial charge in [-0.15, -0.1) is 12.4 Å². The predicted molar refractivity (Wildman–Crippen MR) is 65.8 cm³/mol. The van der Waals surface area contributed by atoms with Crippen molar-refractivity contribution in [3.63, 3.8) is 0 Å². The van der Waals surface area contributed by atoms with Crippen molar-refractivity contribution in [2.45, 2.75) is 25.7 Å². The first-order valence-corrected chi connectivity index (χ1v) is 5.51. The lowest BCUT2D eigenvalue weighted by Crippen LogP contribution is -2.41. The molecule has 82 valence electrons. The fourth-order valence-corrected chi connectivity index (χ4v) is 3.31. The first-order valence-electron chi connectivity index (χ1n) is 5.51. The SMILES string of the molecule is CC1(C)C2CNCC1c1ccccc12.Cl. The van der Waals surface area contributed by atoms with Crippen LogP contribution in [-0.4, -0.2) is 13.1 Å². The molecule has 1 saturated heterocycles. The second-order valence-electron chi connectivity index (χ2n) is 5.21. The Bertz CT molecular complexity index is 340. The molecule has 0 saturated carbocycles. The molecule has 3 rings (SSSR count). The van der Waals surface area contributed by atoms with E-state index in [1.54, 1.807) is 11.1 Å². The molecule has 0 aromatic heterocycles. The molecule has 1 fully saturated rings. The summed E-state index contributed by atoms with van der Waals surface area (Å²) in [5.41, 5.74) is 3.63. The molecule has 2 unspecified atom stereocenters. The standard InChI is InChI=1S/C13H17N.ClH/c1-13(2)11-7-14-8-12(13)10-6-4-3-5-9(10)11;/h3-6,11-12,14H,7-8H2,1-2H3;1H. The van der Waals surface area contributed by atoms with Crippen LogP contribution >= 0.6 is 12.4 Å². The van der Waals surface area contributed by atoms with E-state index in [-0.39, 0.29) is 12.4 Å². The monoisotopic (exact) mass is 223 g/mol. The maximum absolute atomic E-state index is 3.55. The summed E-state index contributed by atoms with van der Waals surface area (Å²) in [5, 5.41) is 3.55. The van der Waals surface area contributed by atoms with Crippen molar-refractivity contribution in [1.29, 1.82) is 0 Å². The van der Waals surface area contributed by atoms with Crippen LogP contribution in [0.1, 0.15) is 36.8 Å². The number of hydrogen-bond acceptors (Lipinski definition) is 1. The van der Waals surface area contributed by atoms with Gasteiger partial charge in [-0.1, -0.05) is 38.1 Å². The fourth-order valence-electron chi connectivity index (χ4n) is 3.31. The Morgan fingerprint density at radius 1 is 1.07 bits per heavy atom. The van der Waals surface area contributed by atoms with Gasteiger partial charge in [0, 0.05) is 24.9 Å². The third-order valence-electron chi connectivity index (χ3n) is 4.24. The Morgan fingerprint density at radius 2 is 1.53 bits per heavy atom. The van der Waals surface area contributed by atoms with E-state index in [2.05, 4.69) is 43.4 Å². The first kappa shape index (κ1) is 11.0. The van der Waals surface area contributed by atoms with E-state index in [4.69, 9.17) is 0 Å². The highest BCUT2D eigenvalue weighted by Gasteiger charge is 2.48. The van der Waals surface area contributed by atoms with Crippen molar-refractivity contribution >= 4 is 12.4 Å². The number of halogens is 1. The second kappa shape index (κ2) is 3.50. The van der Waals surface area contributed by atoms with Gasteiger partial charge in [-0.3, -0.25) is 0 Å². The molecule has 1 heterocycles. The molecule has 1 aromatic rings. The Morgan fingerprint density at radius 3 is 2.00 bits per heavy atom. The van der Waals surface area contributed by atoms with Crippen molar-refractivity contribution in [3.05, 3.63) is 35.4 Å². The highest BCUT2D eigenvalue weighted by atomic mass is 35.5. The van der Waals surface area contributed by atoms with Gasteiger partial charge in [-0.25, -0.2) is 0 Å². The summed E-state index contributed by atoms with van der Waals surface area (Å²) < 4.78 is 0. The van der Waals surface area contributed by atoms with E-state index < -0.39 is 0 Å². The second-order valence-corrected chi connectivity index (χ2v) is 5.21. The smallest absolute Gasteiger partial charge is 0.00258 e. The van der Waals surface area contributed by atoms with Crippen molar-refractivity contribution in [3.8, 4) is 0 Å². The zero-order valence-electron chi connectivity index (χ0n) is 9.29. The van der Waals surface area contributed by atoms with E-state index in [1.165, 1.54) is 0 Å². The lowest BCUT2D eigenvalue weighted by atomic mass is 9.71. The van der Waals surface area contributed by atoms with Crippen LogP contribution in [0, 0.1) is 5.41 Å². The van der Waals surface area contributed by atoms with Gasteiger partial charge in [-0.05, 0) is 16.5 Å². The number of benzene rings is 1. The van der Waals surface area contributed by atoms with Crippen LogP contribution in [0.3, 0.4) is 0 Å². The Balaban J connectivity index is 0.000000853. The van der Waals surface area contributed by atoms with Gasteiger partial charge in [0.25, 0.3) is 0 Å². The van der Waals surface area contributed by atoms with E-state index in [0.717, 1.165) is 24.9 Å². The van der Waals surface area contributed by atoms with E-state index >= 15 is 0 Å². The van der Waals surface area contributed by atoms with Gasteiger partial charge < -0.3 is 5.32 Å². The topological polar surface area (TPSA) is 12.0 Å². The summed E-state index contributed by atoms with van der Waals surface area (Å²) >= 11 is 0. The van der Waals surface area contributed by atoms with Gasteiger partial charge in [-0.2, -0.15) is 0 Å². The molecule has 2 heteroatoms. The molecule has 2 aliphatic rings. The average Bonchev–Trinajstić information content (AvgIpc) is 2.35. The number of fused-ring (bicyclic) bond motifs is 5. The number of hydrogen-bond donors (Lipinski definition) is 1. The van der Waals surface area contributed by atoms with E-state index in [1.807, 2.05) is 0 Å². The van der Waals surface area contributed by atoms with E-state index in [9.17, 15) is 0 Å². The summed E-state index contributed by atoms with van der Waals surface area (Å²) in [6, 6.07) is 8.98. The Hall–Kier alpha value is -0.530. The van der Waals surface area contributed by atoms with Crippen LogP contribution in [0.5, 0.6) is 0 Å². The molecule has 1 aliphatic carbocycles. The Labute approximate surface area is 97.7 Å². The van der Waals surface area contributed by atoms with Crippen molar-refractivity contribution in [2.75, 3.05) is 13.1 Å². The largest absolute Gasteiger partial charge is 0.315 e. The number of rotatable bonds is 0. The third kappa shape index (κ3) is 1.33. The minimum Gasteiger partial charge on any atom is -0.315 e. The maximum Gasteiger partial charge on any atom is 0.00258 e. The van der Waals surface area contributed by atoms with Crippen LogP contribution < -0.4 is 5.32 Å². The fraction of sp³-hybridized carbons (Fsp3) is 0.538. The molecule has 1 aromatic carbocycles. The average molecular weight is 224 g/mol. The van der Waals surface area contributed by atoms with Crippen LogP contribution in [0.25, 0.3) is 0 Å².